The molecule has 1 fully saturated rings. The van der Waals surface area contributed by atoms with Gasteiger partial charge in [-0.05, 0) is 0 Å². The molecule has 0 radical (unpaired) electrons. The molecule has 1 aliphatic heterocycles. The Morgan fingerprint density at radius 1 is 1.46 bits per heavy atom. The van der Waals surface area contributed by atoms with Gasteiger partial charge in [0.05, 0.1) is 24.9 Å². The Labute approximate surface area is 76.4 Å². The van der Waals surface area contributed by atoms with E-state index in [0.717, 1.165) is 0 Å². The molecule has 5 atom stereocenters. The quantitative estimate of drug-likeness (QED) is 0.384. The van der Waals surface area contributed by atoms with E-state index in [1.807, 2.05) is 0 Å². The molecule has 0 saturated carbocycles. The van der Waals surface area contributed by atoms with Gasteiger partial charge in [0, 0.05) is 5.92 Å². The van der Waals surface area contributed by atoms with Crippen molar-refractivity contribution in [1.82, 2.24) is 0 Å². The van der Waals surface area contributed by atoms with Gasteiger partial charge in [-0.1, -0.05) is 6.08 Å². The summed E-state index contributed by atoms with van der Waals surface area (Å²) < 4.78 is 4.97. The molecule has 1 heterocycles. The summed E-state index contributed by atoms with van der Waals surface area (Å²) in [6.45, 7) is 3.22. The van der Waals surface area contributed by atoms with Gasteiger partial charge in [-0.2, -0.15) is 0 Å². The topological polar surface area (TPSA) is 95.9 Å². The molecule has 5 N–H and O–H groups in total. The lowest BCUT2D eigenvalue weighted by atomic mass is 9.88. The maximum absolute atomic E-state index is 9.56. The number of aliphatic hydroxyl groups excluding tert-OH is 3. The molecule has 0 amide bonds. The summed E-state index contributed by atoms with van der Waals surface area (Å²) in [6, 6.07) is -0.856. The van der Waals surface area contributed by atoms with Crippen LogP contribution in [-0.2, 0) is 4.74 Å². The van der Waals surface area contributed by atoms with Crippen molar-refractivity contribution in [2.45, 2.75) is 24.5 Å². The third-order valence-corrected chi connectivity index (χ3v) is 2.31. The van der Waals surface area contributed by atoms with E-state index in [4.69, 9.17) is 15.6 Å². The Bertz CT molecular complexity index is 185. The number of hydrogen-bond acceptors (Lipinski definition) is 5. The molecule has 1 unspecified atom stereocenters. The lowest BCUT2D eigenvalue weighted by Gasteiger charge is -2.39. The van der Waals surface area contributed by atoms with Crippen LogP contribution in [0.5, 0.6) is 0 Å². The Balaban J connectivity index is 2.74. The predicted molar refractivity (Wildman–Crippen MR) is 45.6 cm³/mol. The molecule has 1 rings (SSSR count). The first-order valence-corrected chi connectivity index (χ1v) is 4.12. The summed E-state index contributed by atoms with van der Waals surface area (Å²) in [4.78, 5) is 0. The van der Waals surface area contributed by atoms with Crippen LogP contribution in [0, 0.1) is 5.92 Å². The molecule has 0 spiro atoms. The molecule has 13 heavy (non-hydrogen) atoms. The SMILES string of the molecule is C=C[C@@H]1[C@H](O)[C@@H](N)C(O)O[C@@H]1CO. The minimum Gasteiger partial charge on any atom is -0.394 e. The number of rotatable bonds is 2. The van der Waals surface area contributed by atoms with Gasteiger partial charge in [0.25, 0.3) is 0 Å². The second-order valence-electron chi connectivity index (χ2n) is 3.13. The van der Waals surface area contributed by atoms with Crippen LogP contribution in [0.3, 0.4) is 0 Å². The van der Waals surface area contributed by atoms with Crippen LogP contribution in [0.4, 0.5) is 0 Å². The fourth-order valence-corrected chi connectivity index (χ4v) is 1.46. The van der Waals surface area contributed by atoms with Crippen LogP contribution in [0.1, 0.15) is 0 Å². The van der Waals surface area contributed by atoms with Crippen LogP contribution in [-0.4, -0.2) is 46.5 Å². The lowest BCUT2D eigenvalue weighted by Crippen LogP contribution is -2.58. The number of ether oxygens (including phenoxy) is 1. The van der Waals surface area contributed by atoms with Gasteiger partial charge in [0.15, 0.2) is 6.29 Å². The van der Waals surface area contributed by atoms with Crippen molar-refractivity contribution < 1.29 is 20.1 Å². The van der Waals surface area contributed by atoms with Gasteiger partial charge >= 0.3 is 0 Å². The van der Waals surface area contributed by atoms with Gasteiger partial charge in [-0.25, -0.2) is 0 Å². The summed E-state index contributed by atoms with van der Waals surface area (Å²) in [5, 5.41) is 27.7. The molecule has 5 nitrogen and oxygen atoms in total. The van der Waals surface area contributed by atoms with Crippen molar-refractivity contribution in [2.24, 2.45) is 11.7 Å². The first-order valence-electron chi connectivity index (χ1n) is 4.12. The fraction of sp³-hybridized carbons (Fsp3) is 0.750. The highest BCUT2D eigenvalue weighted by Crippen LogP contribution is 2.24. The van der Waals surface area contributed by atoms with E-state index < -0.39 is 30.5 Å². The predicted octanol–water partition coefficient (Wildman–Crippen LogP) is -1.81. The van der Waals surface area contributed by atoms with E-state index in [0.29, 0.717) is 0 Å². The van der Waals surface area contributed by atoms with E-state index in [-0.39, 0.29) is 6.61 Å². The molecule has 76 valence electrons. The van der Waals surface area contributed by atoms with Crippen molar-refractivity contribution in [3.05, 3.63) is 12.7 Å². The third kappa shape index (κ3) is 1.90. The maximum Gasteiger partial charge on any atom is 0.172 e. The molecule has 0 aromatic carbocycles. The van der Waals surface area contributed by atoms with E-state index in [1.54, 1.807) is 0 Å². The molecule has 0 aromatic heterocycles. The van der Waals surface area contributed by atoms with Crippen molar-refractivity contribution in [2.75, 3.05) is 6.61 Å². The van der Waals surface area contributed by atoms with Crippen LogP contribution in [0.2, 0.25) is 0 Å². The zero-order chi connectivity index (χ0) is 10.0. The number of hydrogen-bond donors (Lipinski definition) is 4. The largest absolute Gasteiger partial charge is 0.394 e. The smallest absolute Gasteiger partial charge is 0.172 e. The highest BCUT2D eigenvalue weighted by molar-refractivity contribution is 4.98. The monoisotopic (exact) mass is 189 g/mol. The minimum absolute atomic E-state index is 0.280. The summed E-state index contributed by atoms with van der Waals surface area (Å²) >= 11 is 0. The number of aliphatic hydroxyl groups is 3. The van der Waals surface area contributed by atoms with Gasteiger partial charge in [-0.3, -0.25) is 0 Å². The molecule has 1 saturated heterocycles. The molecule has 5 heteroatoms. The summed E-state index contributed by atoms with van der Waals surface area (Å²) in [7, 11) is 0. The summed E-state index contributed by atoms with van der Waals surface area (Å²) in [6.07, 6.45) is -1.33. The summed E-state index contributed by atoms with van der Waals surface area (Å²) in [5.41, 5.74) is 5.45. The van der Waals surface area contributed by atoms with Crippen molar-refractivity contribution >= 4 is 0 Å². The maximum atomic E-state index is 9.56. The van der Waals surface area contributed by atoms with Crippen molar-refractivity contribution in [1.29, 1.82) is 0 Å². The first kappa shape index (κ1) is 10.6. The van der Waals surface area contributed by atoms with Crippen LogP contribution < -0.4 is 5.73 Å². The highest BCUT2D eigenvalue weighted by atomic mass is 16.6. The van der Waals surface area contributed by atoms with Gasteiger partial charge in [0.1, 0.15) is 0 Å². The molecule has 0 aliphatic carbocycles. The van der Waals surface area contributed by atoms with Gasteiger partial charge < -0.3 is 25.8 Å². The molecule has 0 aromatic rings. The van der Waals surface area contributed by atoms with Crippen molar-refractivity contribution in [3.8, 4) is 0 Å². The average molecular weight is 189 g/mol. The number of nitrogens with two attached hydrogens (primary N) is 1. The Morgan fingerprint density at radius 2 is 2.08 bits per heavy atom. The minimum atomic E-state index is -1.23. The zero-order valence-corrected chi connectivity index (χ0v) is 7.21. The second kappa shape index (κ2) is 4.17. The standard InChI is InChI=1S/C8H15NO4/c1-2-4-5(3-10)13-8(12)6(9)7(4)11/h2,4-8,10-12H,1,3,9H2/t4-,5+,6+,7-,8?/m0/s1. The highest BCUT2D eigenvalue weighted by Gasteiger charge is 2.40. The van der Waals surface area contributed by atoms with E-state index in [1.165, 1.54) is 6.08 Å². The zero-order valence-electron chi connectivity index (χ0n) is 7.21. The lowest BCUT2D eigenvalue weighted by molar-refractivity contribution is -0.224. The Morgan fingerprint density at radius 3 is 2.54 bits per heavy atom. The molecule has 1 aliphatic rings. The van der Waals surface area contributed by atoms with Crippen LogP contribution in [0.15, 0.2) is 12.7 Å². The van der Waals surface area contributed by atoms with Crippen LogP contribution in [0.25, 0.3) is 0 Å². The molecular formula is C8H15NO4. The van der Waals surface area contributed by atoms with E-state index in [2.05, 4.69) is 6.58 Å². The van der Waals surface area contributed by atoms with Crippen LogP contribution >= 0.6 is 0 Å². The molecular weight excluding hydrogens is 174 g/mol. The van der Waals surface area contributed by atoms with Gasteiger partial charge in [0.2, 0.25) is 0 Å². The fourth-order valence-electron chi connectivity index (χ4n) is 1.46. The van der Waals surface area contributed by atoms with Crippen molar-refractivity contribution in [3.63, 3.8) is 0 Å². The Kier molecular flexibility index (Phi) is 3.40. The third-order valence-electron chi connectivity index (χ3n) is 2.31. The normalized spacial score (nSPS) is 46.0. The van der Waals surface area contributed by atoms with E-state index >= 15 is 0 Å². The first-order chi connectivity index (χ1) is 6.11. The van der Waals surface area contributed by atoms with E-state index in [9.17, 15) is 10.2 Å². The Hall–Kier alpha value is -0.460. The van der Waals surface area contributed by atoms with Gasteiger partial charge in [-0.15, -0.1) is 6.58 Å². The summed E-state index contributed by atoms with van der Waals surface area (Å²) in [5.74, 6) is -0.441. The molecule has 0 bridgehead atoms. The second-order valence-corrected chi connectivity index (χ2v) is 3.13. The average Bonchev–Trinajstić information content (AvgIpc) is 2.13.